The molecule has 19 heavy (non-hydrogen) atoms. The van der Waals surface area contributed by atoms with Crippen LogP contribution in [-0.4, -0.2) is 25.3 Å². The molecule has 0 heterocycles. The molecule has 2 aliphatic carbocycles. The van der Waals surface area contributed by atoms with Crippen molar-refractivity contribution in [3.8, 4) is 0 Å². The second-order valence-corrected chi connectivity index (χ2v) is 6.76. The Kier molecular flexibility index (Phi) is 6.66. The molecule has 0 aromatic rings. The summed E-state index contributed by atoms with van der Waals surface area (Å²) in [6.45, 7) is 6.66. The van der Waals surface area contributed by atoms with Gasteiger partial charge in [0.2, 0.25) is 0 Å². The Morgan fingerprint density at radius 3 is 2.68 bits per heavy atom. The number of rotatable bonds is 6. The molecule has 112 valence electrons. The summed E-state index contributed by atoms with van der Waals surface area (Å²) in [5.74, 6) is 1.78. The quantitative estimate of drug-likeness (QED) is 0.730. The molecule has 0 radical (unpaired) electrons. The molecule has 2 fully saturated rings. The fraction of sp³-hybridized carbons (Fsp3) is 1.00. The summed E-state index contributed by atoms with van der Waals surface area (Å²) >= 11 is 0. The molecule has 0 spiro atoms. The van der Waals surface area contributed by atoms with Gasteiger partial charge >= 0.3 is 0 Å². The molecule has 2 rings (SSSR count). The van der Waals surface area contributed by atoms with Gasteiger partial charge in [0, 0.05) is 12.6 Å². The summed E-state index contributed by atoms with van der Waals surface area (Å²) in [6, 6.07) is 0.743. The molecule has 0 amide bonds. The number of hydrogen-bond donors (Lipinski definition) is 1. The Morgan fingerprint density at radius 2 is 1.89 bits per heavy atom. The summed E-state index contributed by atoms with van der Waals surface area (Å²) < 4.78 is 6.08. The van der Waals surface area contributed by atoms with Gasteiger partial charge in [-0.2, -0.15) is 0 Å². The monoisotopic (exact) mass is 267 g/mol. The van der Waals surface area contributed by atoms with Gasteiger partial charge in [-0.1, -0.05) is 46.0 Å². The van der Waals surface area contributed by atoms with Crippen molar-refractivity contribution in [3.05, 3.63) is 0 Å². The van der Waals surface area contributed by atoms with Gasteiger partial charge < -0.3 is 10.1 Å². The van der Waals surface area contributed by atoms with Crippen molar-refractivity contribution < 1.29 is 4.74 Å². The van der Waals surface area contributed by atoms with E-state index in [0.717, 1.165) is 31.0 Å². The van der Waals surface area contributed by atoms with E-state index >= 15 is 0 Å². The van der Waals surface area contributed by atoms with E-state index < -0.39 is 0 Å². The molecule has 0 aromatic heterocycles. The minimum atomic E-state index is 0.546. The first-order chi connectivity index (χ1) is 9.29. The Morgan fingerprint density at radius 1 is 1.05 bits per heavy atom. The largest absolute Gasteiger partial charge is 0.377 e. The summed E-state index contributed by atoms with van der Waals surface area (Å²) in [7, 11) is 0. The first-order valence-electron chi connectivity index (χ1n) is 8.64. The molecule has 2 nitrogen and oxygen atoms in total. The average Bonchev–Trinajstić information content (AvgIpc) is 2.45. The van der Waals surface area contributed by atoms with Crippen LogP contribution in [0, 0.1) is 11.8 Å². The maximum Gasteiger partial charge on any atom is 0.0594 e. The van der Waals surface area contributed by atoms with E-state index in [-0.39, 0.29) is 0 Å². The highest BCUT2D eigenvalue weighted by atomic mass is 16.5. The first kappa shape index (κ1) is 15.3. The summed E-state index contributed by atoms with van der Waals surface area (Å²) in [4.78, 5) is 0. The van der Waals surface area contributed by atoms with Crippen LogP contribution in [0.3, 0.4) is 0 Å². The van der Waals surface area contributed by atoms with E-state index in [4.69, 9.17) is 4.74 Å². The third-order valence-corrected chi connectivity index (χ3v) is 5.29. The zero-order valence-corrected chi connectivity index (χ0v) is 13.0. The van der Waals surface area contributed by atoms with E-state index in [0.29, 0.717) is 6.10 Å². The molecule has 2 heteroatoms. The second kappa shape index (κ2) is 8.26. The third kappa shape index (κ3) is 5.07. The van der Waals surface area contributed by atoms with E-state index in [1.54, 1.807) is 0 Å². The number of ether oxygens (including phenoxy) is 1. The Labute approximate surface area is 119 Å². The van der Waals surface area contributed by atoms with Crippen LogP contribution in [0.15, 0.2) is 0 Å². The molecule has 0 bridgehead atoms. The van der Waals surface area contributed by atoms with Gasteiger partial charge in [0.1, 0.15) is 0 Å². The molecular formula is C17H33NO. The zero-order chi connectivity index (χ0) is 13.5. The topological polar surface area (TPSA) is 21.3 Å². The lowest BCUT2D eigenvalue weighted by Crippen LogP contribution is -2.39. The van der Waals surface area contributed by atoms with Crippen LogP contribution in [0.2, 0.25) is 0 Å². The maximum absolute atomic E-state index is 6.08. The standard InChI is InChI=1S/C17H33NO/c1-3-15-8-6-9-16(13-15)19-12-11-18-17-10-5-4-7-14(17)2/h14-18H,3-13H2,1-2H3. The van der Waals surface area contributed by atoms with Gasteiger partial charge in [-0.25, -0.2) is 0 Å². The van der Waals surface area contributed by atoms with Crippen LogP contribution < -0.4 is 5.32 Å². The van der Waals surface area contributed by atoms with Crippen molar-refractivity contribution in [2.75, 3.05) is 13.2 Å². The number of nitrogens with one attached hydrogen (secondary N) is 1. The highest BCUT2D eigenvalue weighted by molar-refractivity contribution is 4.78. The first-order valence-corrected chi connectivity index (χ1v) is 8.64. The van der Waals surface area contributed by atoms with Gasteiger partial charge in [-0.3, -0.25) is 0 Å². The molecule has 1 N–H and O–H groups in total. The Bertz CT molecular complexity index is 243. The van der Waals surface area contributed by atoms with E-state index in [9.17, 15) is 0 Å². The Balaban J connectivity index is 1.56. The molecule has 2 aliphatic rings. The van der Waals surface area contributed by atoms with Crippen molar-refractivity contribution >= 4 is 0 Å². The van der Waals surface area contributed by atoms with Crippen molar-refractivity contribution in [3.63, 3.8) is 0 Å². The van der Waals surface area contributed by atoms with Gasteiger partial charge in [0.25, 0.3) is 0 Å². The zero-order valence-electron chi connectivity index (χ0n) is 13.0. The lowest BCUT2D eigenvalue weighted by Gasteiger charge is -2.31. The molecule has 0 aliphatic heterocycles. The second-order valence-electron chi connectivity index (χ2n) is 6.76. The molecular weight excluding hydrogens is 234 g/mol. The minimum absolute atomic E-state index is 0.546. The smallest absolute Gasteiger partial charge is 0.0594 e. The fourth-order valence-corrected chi connectivity index (χ4v) is 3.85. The van der Waals surface area contributed by atoms with Gasteiger partial charge in [0.15, 0.2) is 0 Å². The maximum atomic E-state index is 6.08. The van der Waals surface area contributed by atoms with Crippen LogP contribution in [0.4, 0.5) is 0 Å². The van der Waals surface area contributed by atoms with Crippen molar-refractivity contribution in [2.45, 2.75) is 83.8 Å². The fourth-order valence-electron chi connectivity index (χ4n) is 3.85. The lowest BCUT2D eigenvalue weighted by atomic mass is 9.85. The van der Waals surface area contributed by atoms with E-state index in [1.165, 1.54) is 57.8 Å². The van der Waals surface area contributed by atoms with Crippen LogP contribution in [-0.2, 0) is 4.74 Å². The predicted octanol–water partition coefficient (Wildman–Crippen LogP) is 4.14. The highest BCUT2D eigenvalue weighted by Crippen LogP contribution is 2.28. The molecule has 0 aromatic carbocycles. The summed E-state index contributed by atoms with van der Waals surface area (Å²) in [5.41, 5.74) is 0. The Hall–Kier alpha value is -0.0800. The molecule has 2 saturated carbocycles. The lowest BCUT2D eigenvalue weighted by molar-refractivity contribution is 0.0125. The van der Waals surface area contributed by atoms with Crippen LogP contribution >= 0.6 is 0 Å². The van der Waals surface area contributed by atoms with E-state index in [2.05, 4.69) is 19.2 Å². The SMILES string of the molecule is CCC1CCCC(OCCNC2CCCCC2C)C1. The summed E-state index contributed by atoms with van der Waals surface area (Å²) in [5, 5.41) is 3.71. The van der Waals surface area contributed by atoms with Gasteiger partial charge in [0.05, 0.1) is 12.7 Å². The van der Waals surface area contributed by atoms with Gasteiger partial charge in [-0.05, 0) is 37.5 Å². The average molecular weight is 267 g/mol. The molecule has 0 saturated heterocycles. The number of hydrogen-bond acceptors (Lipinski definition) is 2. The molecule has 4 unspecified atom stereocenters. The van der Waals surface area contributed by atoms with Crippen LogP contribution in [0.25, 0.3) is 0 Å². The van der Waals surface area contributed by atoms with Crippen LogP contribution in [0.5, 0.6) is 0 Å². The van der Waals surface area contributed by atoms with Crippen molar-refractivity contribution in [1.29, 1.82) is 0 Å². The third-order valence-electron chi connectivity index (χ3n) is 5.29. The normalized spacial score (nSPS) is 36.3. The van der Waals surface area contributed by atoms with Gasteiger partial charge in [-0.15, -0.1) is 0 Å². The minimum Gasteiger partial charge on any atom is -0.377 e. The van der Waals surface area contributed by atoms with Crippen molar-refractivity contribution in [2.24, 2.45) is 11.8 Å². The highest BCUT2D eigenvalue weighted by Gasteiger charge is 2.22. The van der Waals surface area contributed by atoms with E-state index in [1.807, 2.05) is 0 Å². The van der Waals surface area contributed by atoms with Crippen molar-refractivity contribution in [1.82, 2.24) is 5.32 Å². The van der Waals surface area contributed by atoms with Crippen LogP contribution in [0.1, 0.15) is 71.6 Å². The predicted molar refractivity (Wildman–Crippen MR) is 81.4 cm³/mol. The summed E-state index contributed by atoms with van der Waals surface area (Å²) in [6.07, 6.45) is 12.9. The molecule has 4 atom stereocenters.